The number of hydrogen-bond acceptors (Lipinski definition) is 2. The average Bonchev–Trinajstić information content (AvgIpc) is 2.31. The second kappa shape index (κ2) is 2.52. The molecule has 0 aromatic carbocycles. The van der Waals surface area contributed by atoms with E-state index in [-0.39, 0.29) is 0 Å². The first-order chi connectivity index (χ1) is 5.27. The van der Waals surface area contributed by atoms with Gasteiger partial charge in [-0.2, -0.15) is 0 Å². The van der Waals surface area contributed by atoms with Crippen LogP contribution in [0.2, 0.25) is 0 Å². The Kier molecular flexibility index (Phi) is 1.64. The second-order valence-corrected chi connectivity index (χ2v) is 3.87. The molecule has 2 heteroatoms. The lowest BCUT2D eigenvalue weighted by Gasteiger charge is -2.22. The van der Waals surface area contributed by atoms with Crippen LogP contribution < -0.4 is 5.73 Å². The minimum atomic E-state index is 0.675. The Morgan fingerprint density at radius 1 is 1.55 bits per heavy atom. The monoisotopic (exact) mass is 152 g/mol. The molecule has 1 heterocycles. The maximum atomic E-state index is 5.92. The van der Waals surface area contributed by atoms with Gasteiger partial charge >= 0.3 is 0 Å². The highest BCUT2D eigenvalue weighted by molar-refractivity contribution is 5.11. The number of fused-ring (bicyclic) bond motifs is 1. The molecule has 2 aliphatic rings. The van der Waals surface area contributed by atoms with Gasteiger partial charge in [0, 0.05) is 24.7 Å². The number of rotatable bonds is 0. The van der Waals surface area contributed by atoms with E-state index in [9.17, 15) is 0 Å². The molecule has 0 radical (unpaired) electrons. The zero-order valence-corrected chi connectivity index (χ0v) is 7.09. The van der Waals surface area contributed by atoms with Crippen molar-refractivity contribution < 1.29 is 0 Å². The van der Waals surface area contributed by atoms with E-state index >= 15 is 0 Å². The van der Waals surface area contributed by atoms with E-state index in [2.05, 4.69) is 18.0 Å². The van der Waals surface area contributed by atoms with Crippen LogP contribution in [0.3, 0.4) is 0 Å². The Hall–Kier alpha value is -0.500. The van der Waals surface area contributed by atoms with Crippen molar-refractivity contribution >= 4 is 0 Å². The summed E-state index contributed by atoms with van der Waals surface area (Å²) in [5, 5.41) is 0. The zero-order chi connectivity index (χ0) is 7.84. The first-order valence-corrected chi connectivity index (χ1v) is 4.41. The fraction of sp³-hybridized carbons (Fsp3) is 0.778. The van der Waals surface area contributed by atoms with Crippen LogP contribution in [0.4, 0.5) is 0 Å². The highest BCUT2D eigenvalue weighted by Crippen LogP contribution is 2.33. The molecular formula is C9H16N2. The van der Waals surface area contributed by atoms with Crippen molar-refractivity contribution in [2.24, 2.45) is 17.6 Å². The number of allylic oxidation sites excluding steroid dienone is 1. The van der Waals surface area contributed by atoms with Crippen molar-refractivity contribution in [1.29, 1.82) is 0 Å². The van der Waals surface area contributed by atoms with Crippen LogP contribution in [0.25, 0.3) is 0 Å². The number of hydrogen-bond donors (Lipinski definition) is 1. The molecule has 2 N–H and O–H groups in total. The summed E-state index contributed by atoms with van der Waals surface area (Å²) in [4.78, 5) is 2.39. The van der Waals surface area contributed by atoms with E-state index < -0.39 is 0 Å². The summed E-state index contributed by atoms with van der Waals surface area (Å²) in [5.41, 5.74) is 7.06. The lowest BCUT2D eigenvalue weighted by molar-refractivity contribution is 0.387. The Morgan fingerprint density at radius 2 is 2.36 bits per heavy atom. The average molecular weight is 152 g/mol. The van der Waals surface area contributed by atoms with Crippen molar-refractivity contribution in [3.8, 4) is 0 Å². The predicted octanol–water partition coefficient (Wildman–Crippen LogP) is 0.801. The molecule has 0 saturated carbocycles. The van der Waals surface area contributed by atoms with Gasteiger partial charge in [-0.05, 0) is 25.8 Å². The summed E-state index contributed by atoms with van der Waals surface area (Å²) >= 11 is 0. The molecule has 0 aromatic rings. The summed E-state index contributed by atoms with van der Waals surface area (Å²) in [6.07, 6.45) is 4.75. The normalized spacial score (nSPS) is 38.5. The Labute approximate surface area is 68.1 Å². The topological polar surface area (TPSA) is 29.3 Å². The quantitative estimate of drug-likeness (QED) is 0.556. The smallest absolute Gasteiger partial charge is 0.0149 e. The van der Waals surface area contributed by atoms with Gasteiger partial charge in [-0.25, -0.2) is 0 Å². The SMILES string of the molecule is CN1CC2CCC=C(N)C2C1. The molecule has 1 fully saturated rings. The van der Waals surface area contributed by atoms with E-state index in [1.54, 1.807) is 0 Å². The van der Waals surface area contributed by atoms with Gasteiger partial charge in [0.05, 0.1) is 0 Å². The molecule has 2 rings (SSSR count). The van der Waals surface area contributed by atoms with E-state index in [4.69, 9.17) is 5.73 Å². The van der Waals surface area contributed by atoms with E-state index in [1.165, 1.54) is 25.9 Å². The van der Waals surface area contributed by atoms with Gasteiger partial charge < -0.3 is 10.6 Å². The molecule has 0 amide bonds. The van der Waals surface area contributed by atoms with Gasteiger partial charge in [0.1, 0.15) is 0 Å². The number of likely N-dealkylation sites (tertiary alicyclic amines) is 1. The Bertz CT molecular complexity index is 186. The van der Waals surface area contributed by atoms with E-state index in [1.807, 2.05) is 0 Å². The Morgan fingerprint density at radius 3 is 3.09 bits per heavy atom. The Balaban J connectivity index is 2.14. The van der Waals surface area contributed by atoms with Gasteiger partial charge in [0.2, 0.25) is 0 Å². The first-order valence-electron chi connectivity index (χ1n) is 4.41. The van der Waals surface area contributed by atoms with Crippen LogP contribution in [-0.2, 0) is 0 Å². The third-order valence-electron chi connectivity index (χ3n) is 2.97. The number of nitrogens with two attached hydrogens (primary N) is 1. The van der Waals surface area contributed by atoms with E-state index in [0.29, 0.717) is 5.92 Å². The van der Waals surface area contributed by atoms with Gasteiger partial charge in [-0.1, -0.05) is 6.08 Å². The molecule has 1 saturated heterocycles. The van der Waals surface area contributed by atoms with Crippen LogP contribution in [0.5, 0.6) is 0 Å². The van der Waals surface area contributed by atoms with Crippen LogP contribution in [0.15, 0.2) is 11.8 Å². The summed E-state index contributed by atoms with van der Waals surface area (Å²) in [6, 6.07) is 0. The molecular weight excluding hydrogens is 136 g/mol. The summed E-state index contributed by atoms with van der Waals surface area (Å²) in [7, 11) is 2.19. The minimum Gasteiger partial charge on any atom is -0.402 e. The summed E-state index contributed by atoms with van der Waals surface area (Å²) in [5.74, 6) is 1.53. The lowest BCUT2D eigenvalue weighted by atomic mass is 9.84. The summed E-state index contributed by atoms with van der Waals surface area (Å²) < 4.78 is 0. The van der Waals surface area contributed by atoms with Crippen molar-refractivity contribution in [3.63, 3.8) is 0 Å². The van der Waals surface area contributed by atoms with Gasteiger partial charge in [-0.3, -0.25) is 0 Å². The van der Waals surface area contributed by atoms with Crippen molar-refractivity contribution in [1.82, 2.24) is 4.90 Å². The summed E-state index contributed by atoms with van der Waals surface area (Å²) in [6.45, 7) is 2.42. The molecule has 62 valence electrons. The maximum Gasteiger partial charge on any atom is 0.0149 e. The molecule has 11 heavy (non-hydrogen) atoms. The fourth-order valence-electron chi connectivity index (χ4n) is 2.37. The predicted molar refractivity (Wildman–Crippen MR) is 46.0 cm³/mol. The molecule has 1 aliphatic heterocycles. The van der Waals surface area contributed by atoms with Gasteiger partial charge in [-0.15, -0.1) is 0 Å². The maximum absolute atomic E-state index is 5.92. The van der Waals surface area contributed by atoms with Gasteiger partial charge in [0.15, 0.2) is 0 Å². The molecule has 2 nitrogen and oxygen atoms in total. The third-order valence-corrected chi connectivity index (χ3v) is 2.97. The molecule has 2 atom stereocenters. The fourth-order valence-corrected chi connectivity index (χ4v) is 2.37. The second-order valence-electron chi connectivity index (χ2n) is 3.87. The highest BCUT2D eigenvalue weighted by Gasteiger charge is 2.33. The highest BCUT2D eigenvalue weighted by atomic mass is 15.1. The van der Waals surface area contributed by atoms with Crippen LogP contribution in [0.1, 0.15) is 12.8 Å². The molecule has 2 unspecified atom stereocenters. The number of nitrogens with zero attached hydrogens (tertiary/aromatic N) is 1. The van der Waals surface area contributed by atoms with E-state index in [0.717, 1.165) is 11.6 Å². The molecule has 1 aliphatic carbocycles. The first kappa shape index (κ1) is 7.17. The third kappa shape index (κ3) is 1.16. The van der Waals surface area contributed by atoms with Crippen LogP contribution in [0, 0.1) is 11.8 Å². The zero-order valence-electron chi connectivity index (χ0n) is 7.09. The lowest BCUT2D eigenvalue weighted by Crippen LogP contribution is -2.23. The van der Waals surface area contributed by atoms with Crippen LogP contribution in [-0.4, -0.2) is 25.0 Å². The molecule has 0 bridgehead atoms. The minimum absolute atomic E-state index is 0.675. The standard InChI is InChI=1S/C9H16N2/c1-11-5-7-3-2-4-9(10)8(7)6-11/h4,7-8H,2-3,5-6,10H2,1H3. The van der Waals surface area contributed by atoms with Gasteiger partial charge in [0.25, 0.3) is 0 Å². The molecule has 0 spiro atoms. The largest absolute Gasteiger partial charge is 0.402 e. The molecule has 0 aromatic heterocycles. The van der Waals surface area contributed by atoms with Crippen molar-refractivity contribution in [2.45, 2.75) is 12.8 Å². The van der Waals surface area contributed by atoms with Crippen molar-refractivity contribution in [2.75, 3.05) is 20.1 Å². The van der Waals surface area contributed by atoms with Crippen molar-refractivity contribution in [3.05, 3.63) is 11.8 Å². The van der Waals surface area contributed by atoms with Crippen LogP contribution >= 0.6 is 0 Å².